The minimum atomic E-state index is -0.916. The monoisotopic (exact) mass is 760 g/mol. The van der Waals surface area contributed by atoms with Gasteiger partial charge in [-0.05, 0) is 55.8 Å². The molecule has 2 unspecified atom stereocenters. The largest absolute Gasteiger partial charge is 0.478 e. The molecular formula is C50H67N2O4+. The van der Waals surface area contributed by atoms with Gasteiger partial charge in [-0.1, -0.05) is 147 Å². The standard InChI is InChI=1S/C50H66N2O4/c1-5-9-12-15-17-19-30-50(31-20-18-16-13-10-6-2)41-33-37(49(55)56)28-29-42(41)51(8-4)45(50)35-40-47(53)39(48(40)54)34-44-38-26-22-24-36-25-23-27-43(46(36)38)52(44)32-21-14-11-7-3/h22-29,33-35,39,47,53H,5-21,30-32H2,1-4H3/p+1/b40-35+,44-34-. The van der Waals surface area contributed by atoms with Crippen molar-refractivity contribution in [1.82, 2.24) is 4.57 Å². The average Bonchev–Trinajstić information content (AvgIpc) is 3.65. The van der Waals surface area contributed by atoms with E-state index in [0.717, 1.165) is 85.6 Å². The molecule has 2 N–H and O–H groups in total. The maximum absolute atomic E-state index is 14.4. The van der Waals surface area contributed by atoms with E-state index in [1.54, 1.807) is 6.07 Å². The zero-order chi connectivity index (χ0) is 39.7. The summed E-state index contributed by atoms with van der Waals surface area (Å²) in [5.41, 5.74) is 4.71. The van der Waals surface area contributed by atoms with Crippen molar-refractivity contribution in [2.45, 2.75) is 161 Å². The molecule has 0 bridgehead atoms. The first-order valence-electron chi connectivity index (χ1n) is 22.3. The van der Waals surface area contributed by atoms with Crippen LogP contribution in [0.1, 0.15) is 159 Å². The maximum atomic E-state index is 14.4. The molecule has 1 fully saturated rings. The number of unbranched alkanes of at least 4 members (excludes halogenated alkanes) is 13. The van der Waals surface area contributed by atoms with Crippen LogP contribution in [0.3, 0.4) is 0 Å². The molecule has 0 amide bonds. The summed E-state index contributed by atoms with van der Waals surface area (Å²) in [4.78, 5) is 26.8. The Bertz CT molecular complexity index is 2080. The van der Waals surface area contributed by atoms with Crippen molar-refractivity contribution < 1.29 is 24.4 Å². The molecule has 2 atom stereocenters. The molecule has 0 radical (unpaired) electrons. The fourth-order valence-corrected chi connectivity index (χ4v) is 9.81. The number of hydrogen-bond acceptors (Lipinski definition) is 3. The average molecular weight is 760 g/mol. The van der Waals surface area contributed by atoms with Crippen molar-refractivity contribution in [3.63, 3.8) is 0 Å². The summed E-state index contributed by atoms with van der Waals surface area (Å²) < 4.78 is 4.68. The van der Waals surface area contributed by atoms with Gasteiger partial charge in [0.1, 0.15) is 6.54 Å². The van der Waals surface area contributed by atoms with E-state index in [2.05, 4.69) is 73.2 Å². The number of aromatic carboxylic acids is 1. The lowest BCUT2D eigenvalue weighted by Gasteiger charge is -2.33. The minimum absolute atomic E-state index is 0.0159. The van der Waals surface area contributed by atoms with E-state index in [9.17, 15) is 19.8 Å². The Morgan fingerprint density at radius 2 is 1.39 bits per heavy atom. The lowest BCUT2D eigenvalue weighted by Crippen LogP contribution is -2.46. The Labute approximate surface area is 335 Å². The maximum Gasteiger partial charge on any atom is 0.335 e. The Morgan fingerprint density at radius 1 is 0.786 bits per heavy atom. The van der Waals surface area contributed by atoms with Gasteiger partial charge < -0.3 is 14.8 Å². The van der Waals surface area contributed by atoms with Crippen LogP contribution >= 0.6 is 0 Å². The topological polar surface area (TPSA) is 82.5 Å². The molecule has 4 aromatic rings. The molecule has 2 aliphatic rings. The van der Waals surface area contributed by atoms with Crippen LogP contribution in [-0.4, -0.2) is 49.5 Å². The molecule has 1 aliphatic carbocycles. The molecule has 2 heterocycles. The van der Waals surface area contributed by atoms with Gasteiger partial charge in [-0.25, -0.2) is 4.79 Å². The normalized spacial score (nSPS) is 18.8. The Kier molecular flexibility index (Phi) is 14.4. The van der Waals surface area contributed by atoms with Gasteiger partial charge in [-0.2, -0.15) is 4.58 Å². The number of aliphatic hydroxyl groups excluding tert-OH is 1. The first kappa shape index (κ1) is 41.6. The van der Waals surface area contributed by atoms with E-state index in [0.29, 0.717) is 17.7 Å². The molecule has 0 saturated heterocycles. The number of carbonyl (C=O) groups excluding carboxylic acids is 1. The molecule has 3 aromatic carbocycles. The highest BCUT2D eigenvalue weighted by atomic mass is 16.4. The van der Waals surface area contributed by atoms with E-state index >= 15 is 0 Å². The SMILES string of the molecule is CCCCCCCCC1(CCCCCCCC)C(/C=C2/C(=O)C(/C=c3/c4cccc5cccc(c54)n3CCCCCC)C2O)=[N+](CC)c2ccc(C(=O)O)cc21. The van der Waals surface area contributed by atoms with Gasteiger partial charge in [0.05, 0.1) is 23.0 Å². The van der Waals surface area contributed by atoms with Crippen molar-refractivity contribution in [2.24, 2.45) is 5.92 Å². The number of ketones is 1. The summed E-state index contributed by atoms with van der Waals surface area (Å²) in [6, 6.07) is 18.5. The zero-order valence-electron chi connectivity index (χ0n) is 34.8. The quantitative estimate of drug-likeness (QED) is 0.0448. The van der Waals surface area contributed by atoms with Gasteiger partial charge in [0.25, 0.3) is 0 Å². The number of allylic oxidation sites excluding steroid dienone is 1. The zero-order valence-corrected chi connectivity index (χ0v) is 34.8. The van der Waals surface area contributed by atoms with E-state index in [1.807, 2.05) is 24.3 Å². The highest BCUT2D eigenvalue weighted by molar-refractivity contribution is 6.16. The number of nitrogens with zero attached hydrogens (tertiary/aromatic N) is 2. The molecule has 1 aromatic heterocycles. The van der Waals surface area contributed by atoms with Crippen LogP contribution in [0, 0.1) is 5.92 Å². The summed E-state index contributed by atoms with van der Waals surface area (Å²) in [7, 11) is 0. The molecule has 6 heteroatoms. The van der Waals surface area contributed by atoms with Gasteiger partial charge in [0.15, 0.2) is 11.5 Å². The van der Waals surface area contributed by atoms with Crippen LogP contribution in [0.2, 0.25) is 0 Å². The highest BCUT2D eigenvalue weighted by Gasteiger charge is 2.52. The number of aryl methyl sites for hydroxylation is 1. The van der Waals surface area contributed by atoms with Crippen LogP contribution in [0.4, 0.5) is 5.69 Å². The number of hydrogen-bond donors (Lipinski definition) is 2. The van der Waals surface area contributed by atoms with Crippen LogP contribution < -0.4 is 5.35 Å². The Balaban J connectivity index is 1.40. The number of benzene rings is 3. The van der Waals surface area contributed by atoms with E-state index < -0.39 is 23.4 Å². The smallest absolute Gasteiger partial charge is 0.335 e. The van der Waals surface area contributed by atoms with E-state index in [1.165, 1.54) is 80.5 Å². The fraction of sp³-hybridized carbons (Fsp3) is 0.540. The number of rotatable bonds is 23. The Morgan fingerprint density at radius 3 is 2.00 bits per heavy atom. The molecule has 300 valence electrons. The number of carboxylic acid groups (broad SMARTS) is 1. The first-order chi connectivity index (χ1) is 27.3. The van der Waals surface area contributed by atoms with Crippen LogP contribution in [0.15, 0.2) is 66.2 Å². The van der Waals surface area contributed by atoms with Crippen LogP contribution in [-0.2, 0) is 16.8 Å². The van der Waals surface area contributed by atoms with E-state index in [-0.39, 0.29) is 5.78 Å². The second-order valence-corrected chi connectivity index (χ2v) is 16.7. The summed E-state index contributed by atoms with van der Waals surface area (Å²) in [6.45, 7) is 10.4. The van der Waals surface area contributed by atoms with Crippen LogP contribution in [0.5, 0.6) is 0 Å². The van der Waals surface area contributed by atoms with Gasteiger partial charge in [0.2, 0.25) is 5.69 Å². The summed E-state index contributed by atoms with van der Waals surface area (Å²) in [6.07, 6.45) is 23.6. The van der Waals surface area contributed by atoms with Crippen molar-refractivity contribution in [2.75, 3.05) is 6.54 Å². The molecule has 56 heavy (non-hydrogen) atoms. The summed E-state index contributed by atoms with van der Waals surface area (Å²) in [5.74, 6) is -1.55. The van der Waals surface area contributed by atoms with Crippen molar-refractivity contribution in [3.05, 3.63) is 82.7 Å². The molecule has 1 saturated carbocycles. The predicted octanol–water partition coefficient (Wildman–Crippen LogP) is 11.6. The van der Waals surface area contributed by atoms with Crippen molar-refractivity contribution >= 4 is 50.9 Å². The van der Waals surface area contributed by atoms with Gasteiger partial charge in [-0.15, -0.1) is 0 Å². The van der Waals surface area contributed by atoms with Gasteiger partial charge >= 0.3 is 5.97 Å². The second-order valence-electron chi connectivity index (χ2n) is 16.7. The number of fused-ring (bicyclic) bond motifs is 1. The number of aromatic nitrogens is 1. The third-order valence-corrected chi connectivity index (χ3v) is 12.9. The third-order valence-electron chi connectivity index (χ3n) is 12.9. The van der Waals surface area contributed by atoms with Gasteiger partial charge in [-0.3, -0.25) is 4.79 Å². The number of carbonyl (C=O) groups is 2. The third kappa shape index (κ3) is 8.47. The van der Waals surface area contributed by atoms with Crippen molar-refractivity contribution in [3.8, 4) is 0 Å². The molecule has 1 aliphatic heterocycles. The van der Waals surface area contributed by atoms with Crippen molar-refractivity contribution in [1.29, 1.82) is 0 Å². The lowest BCUT2D eigenvalue weighted by atomic mass is 9.67. The van der Waals surface area contributed by atoms with Gasteiger partial charge in [0, 0.05) is 51.5 Å². The lowest BCUT2D eigenvalue weighted by molar-refractivity contribution is -0.433. The fourth-order valence-electron chi connectivity index (χ4n) is 9.81. The molecule has 0 spiro atoms. The highest BCUT2D eigenvalue weighted by Crippen LogP contribution is 2.48. The van der Waals surface area contributed by atoms with Crippen LogP contribution in [0.25, 0.3) is 27.8 Å². The molecular weight excluding hydrogens is 693 g/mol. The molecule has 6 nitrogen and oxygen atoms in total. The predicted molar refractivity (Wildman–Crippen MR) is 232 cm³/mol. The Hall–Kier alpha value is -4.03. The summed E-state index contributed by atoms with van der Waals surface area (Å²) >= 11 is 0. The number of Topliss-reactive ketones (excluding diaryl/α,β-unsaturated/α-hetero) is 1. The minimum Gasteiger partial charge on any atom is -0.478 e. The summed E-state index contributed by atoms with van der Waals surface area (Å²) in [5, 5.41) is 26.7. The number of aliphatic hydroxyl groups is 1. The molecule has 6 rings (SSSR count). The van der Waals surface area contributed by atoms with E-state index in [4.69, 9.17) is 0 Å². The second kappa shape index (κ2) is 19.4. The first-order valence-corrected chi connectivity index (χ1v) is 22.3. The number of carboxylic acids is 1.